The number of ether oxygens (including phenoxy) is 5. The highest BCUT2D eigenvalue weighted by Crippen LogP contribution is 2.39. The maximum Gasteiger partial charge on any atom is 0.338 e. The molecule has 318 valence electrons. The molecule has 3 aliphatic heterocycles. The van der Waals surface area contributed by atoms with E-state index in [-0.39, 0.29) is 57.0 Å². The molecule has 0 amide bonds. The van der Waals surface area contributed by atoms with Gasteiger partial charge in [-0.1, -0.05) is 18.2 Å². The summed E-state index contributed by atoms with van der Waals surface area (Å²) < 4.78 is 29.4. The number of allylic oxidation sites excluding steroid dienone is 1. The van der Waals surface area contributed by atoms with Crippen molar-refractivity contribution in [2.75, 3.05) is 59.7 Å². The lowest BCUT2D eigenvalue weighted by Crippen LogP contribution is -2.69. The van der Waals surface area contributed by atoms with E-state index in [0.29, 0.717) is 19.3 Å². The highest BCUT2D eigenvalue weighted by atomic mass is 16.8. The van der Waals surface area contributed by atoms with Gasteiger partial charge in [-0.05, 0) is 39.2 Å². The Morgan fingerprint density at radius 3 is 2.48 bits per heavy atom. The van der Waals surface area contributed by atoms with Crippen LogP contribution in [0.4, 0.5) is 0 Å². The molecule has 20 heteroatoms. The number of aliphatic imine (C=N–C) groups is 1. The van der Waals surface area contributed by atoms with Crippen molar-refractivity contribution < 1.29 is 74.1 Å². The van der Waals surface area contributed by atoms with Crippen molar-refractivity contribution in [2.24, 2.45) is 34.4 Å². The van der Waals surface area contributed by atoms with E-state index in [0.717, 1.165) is 19.1 Å². The number of piperidine rings is 1. The van der Waals surface area contributed by atoms with Crippen molar-refractivity contribution >= 4 is 17.9 Å². The summed E-state index contributed by atoms with van der Waals surface area (Å²) in [6.07, 6.45) is -0.562. The number of likely N-dealkylation sites (tertiary alicyclic amines) is 1. The van der Waals surface area contributed by atoms with E-state index < -0.39 is 97.8 Å². The number of nitrogens with zero attached hydrogens (tertiary/aromatic N) is 2. The van der Waals surface area contributed by atoms with E-state index in [1.807, 2.05) is 0 Å². The molecule has 2 saturated heterocycles. The lowest BCUT2D eigenvalue weighted by molar-refractivity contribution is -0.416. The number of esters is 1. The molecule has 12 N–H and O–H groups in total. The number of carbonyl (C=O) groups excluding carboxylic acids is 1. The number of nitrogens with two attached hydrogens (primary N) is 1. The summed E-state index contributed by atoms with van der Waals surface area (Å²) in [5, 5.41) is 87.2. The van der Waals surface area contributed by atoms with Gasteiger partial charge in [-0.25, -0.2) is 4.79 Å². The number of hydrogen-bond donors (Lipinski definition) is 11. The molecule has 3 heterocycles. The third-order valence-corrected chi connectivity index (χ3v) is 10.5. The largest absolute Gasteiger partial charge is 0.481 e. The highest BCUT2D eigenvalue weighted by Gasteiger charge is 2.58. The molecule has 11 unspecified atom stereocenters. The van der Waals surface area contributed by atoms with Crippen LogP contribution in [-0.2, 0) is 33.3 Å². The van der Waals surface area contributed by atoms with Crippen LogP contribution in [0, 0.1) is 23.7 Å². The van der Waals surface area contributed by atoms with Gasteiger partial charge in [0.25, 0.3) is 0 Å². The minimum Gasteiger partial charge on any atom is -0.481 e. The number of hydrogen-bond acceptors (Lipinski definition) is 17. The predicted molar refractivity (Wildman–Crippen MR) is 196 cm³/mol. The summed E-state index contributed by atoms with van der Waals surface area (Å²) in [6, 6.07) is -0.798. The Balaban J connectivity index is 1.73. The number of aliphatic hydroxyl groups is 7. The molecular weight excluding hydrogens is 742 g/mol. The van der Waals surface area contributed by atoms with Crippen LogP contribution in [0.3, 0.4) is 0 Å². The molecule has 11 atom stereocenters. The first-order chi connectivity index (χ1) is 26.8. The van der Waals surface area contributed by atoms with E-state index >= 15 is 0 Å². The van der Waals surface area contributed by atoms with E-state index in [2.05, 4.69) is 22.2 Å². The number of likely N-dealkylation sites (N-methyl/N-ethyl adjacent to an activating group) is 1. The zero-order valence-corrected chi connectivity index (χ0v) is 31.5. The second kappa shape index (κ2) is 21.5. The average molecular weight is 802 g/mol. The molecule has 0 radical (unpaired) electrons. The topological polar surface area (TPSA) is 308 Å². The van der Waals surface area contributed by atoms with Crippen LogP contribution in [0.1, 0.15) is 32.1 Å². The third kappa shape index (κ3) is 11.2. The van der Waals surface area contributed by atoms with Crippen LogP contribution in [0.15, 0.2) is 41.6 Å². The van der Waals surface area contributed by atoms with Gasteiger partial charge >= 0.3 is 11.9 Å². The highest BCUT2D eigenvalue weighted by molar-refractivity contribution is 5.89. The summed E-state index contributed by atoms with van der Waals surface area (Å²) in [5.74, 6) is -8.28. The Morgan fingerprint density at radius 1 is 1.14 bits per heavy atom. The van der Waals surface area contributed by atoms with Crippen LogP contribution in [0.25, 0.3) is 0 Å². The SMILES string of the molecule is C=CC1C(OC2OC(CO)C(O)C(O)(O)C2OC(CO)NC)OC=C(C(=O)OC2CCCC2)C1C=CC1CN(CCO)CC(C(=O)O)C1NC(N)=NCCCO. The maximum absolute atomic E-state index is 13.8. The van der Waals surface area contributed by atoms with Crippen molar-refractivity contribution in [3.05, 3.63) is 36.6 Å². The number of guanidine groups is 1. The molecule has 1 saturated carbocycles. The Labute approximate surface area is 325 Å². The molecule has 0 spiro atoms. The lowest BCUT2D eigenvalue weighted by atomic mass is 9.79. The zero-order chi connectivity index (χ0) is 41.0. The lowest BCUT2D eigenvalue weighted by Gasteiger charge is -2.48. The number of rotatable bonds is 19. The van der Waals surface area contributed by atoms with E-state index in [1.165, 1.54) is 13.1 Å². The quantitative estimate of drug-likeness (QED) is 0.0152. The van der Waals surface area contributed by atoms with Crippen LogP contribution in [0.5, 0.6) is 0 Å². The maximum atomic E-state index is 13.8. The number of aliphatic hydroxyl groups excluding tert-OH is 5. The third-order valence-electron chi connectivity index (χ3n) is 10.5. The second-order valence-electron chi connectivity index (χ2n) is 14.3. The molecule has 0 aromatic rings. The molecular formula is C36H59N5O15. The van der Waals surface area contributed by atoms with Gasteiger partial charge in [-0.2, -0.15) is 0 Å². The van der Waals surface area contributed by atoms with Gasteiger partial charge in [0.05, 0.1) is 49.5 Å². The van der Waals surface area contributed by atoms with E-state index in [9.17, 15) is 50.4 Å². The van der Waals surface area contributed by atoms with Crippen molar-refractivity contribution in [2.45, 2.75) is 87.2 Å². The monoisotopic (exact) mass is 801 g/mol. The molecule has 4 aliphatic rings. The van der Waals surface area contributed by atoms with Crippen molar-refractivity contribution in [1.82, 2.24) is 15.5 Å². The number of carboxylic acids is 1. The van der Waals surface area contributed by atoms with Crippen molar-refractivity contribution in [1.29, 1.82) is 0 Å². The summed E-state index contributed by atoms with van der Waals surface area (Å²) in [7, 11) is 1.43. The normalized spacial score (nSPS) is 33.4. The number of aliphatic carboxylic acids is 1. The summed E-state index contributed by atoms with van der Waals surface area (Å²) in [5.41, 5.74) is 6.25. The first kappa shape index (κ1) is 45.5. The van der Waals surface area contributed by atoms with E-state index in [1.54, 1.807) is 17.1 Å². The van der Waals surface area contributed by atoms with Crippen LogP contribution < -0.4 is 16.4 Å². The molecule has 0 bridgehead atoms. The molecule has 56 heavy (non-hydrogen) atoms. The predicted octanol–water partition coefficient (Wildman–Crippen LogP) is -3.33. The van der Waals surface area contributed by atoms with Gasteiger partial charge in [0, 0.05) is 44.6 Å². The van der Waals surface area contributed by atoms with Gasteiger partial charge in [0.1, 0.15) is 24.5 Å². The number of carbonyl (C=O) groups is 2. The zero-order valence-electron chi connectivity index (χ0n) is 31.5. The van der Waals surface area contributed by atoms with Gasteiger partial charge < -0.3 is 75.6 Å². The first-order valence-electron chi connectivity index (χ1n) is 18.9. The second-order valence-corrected chi connectivity index (χ2v) is 14.3. The molecule has 1 aliphatic carbocycles. The summed E-state index contributed by atoms with van der Waals surface area (Å²) in [6.45, 7) is 2.93. The Hall–Kier alpha value is -3.25. The molecule has 3 fully saturated rings. The average Bonchev–Trinajstić information content (AvgIpc) is 3.69. The van der Waals surface area contributed by atoms with Crippen LogP contribution in [-0.4, -0.2) is 178 Å². The van der Waals surface area contributed by atoms with Crippen LogP contribution >= 0.6 is 0 Å². The number of carboxylic acid groups (broad SMARTS) is 1. The van der Waals surface area contributed by atoms with E-state index in [4.69, 9.17) is 29.4 Å². The Morgan fingerprint density at radius 2 is 1.88 bits per heavy atom. The van der Waals surface area contributed by atoms with Crippen LogP contribution in [0.2, 0.25) is 0 Å². The summed E-state index contributed by atoms with van der Waals surface area (Å²) >= 11 is 0. The smallest absolute Gasteiger partial charge is 0.338 e. The molecule has 20 nitrogen and oxygen atoms in total. The standard InChI is InChI=1S/C36H59N5O15/c1-3-22-23(10-9-20-15-41(12-14-43)16-24(31(47)48)28(20)40-35(37)39-11-6-13-42)25(32(49)53-21-7-4-5-8-21)19-52-33(22)56-34-30(55-27(18-45)38-2)36(50,51)29(46)26(17-44)54-34/h3,9-10,19-24,26-30,33-34,38,42-46,50-51H,1,4-8,11-18H2,2H3,(H,47,48)(H3,37,39,40). The van der Waals surface area contributed by atoms with Crippen molar-refractivity contribution in [3.63, 3.8) is 0 Å². The fourth-order valence-electron chi connectivity index (χ4n) is 7.46. The van der Waals surface area contributed by atoms with Crippen molar-refractivity contribution in [3.8, 4) is 0 Å². The Bertz CT molecular complexity index is 1370. The first-order valence-corrected chi connectivity index (χ1v) is 18.9. The van der Waals surface area contributed by atoms with Gasteiger partial charge in [-0.3, -0.25) is 20.0 Å². The fourth-order valence-corrected chi connectivity index (χ4v) is 7.46. The number of nitrogens with one attached hydrogen (secondary N) is 2. The van der Waals surface area contributed by atoms with Gasteiger partial charge in [0.2, 0.25) is 12.1 Å². The van der Waals surface area contributed by atoms with Gasteiger partial charge in [0.15, 0.2) is 18.4 Å². The summed E-state index contributed by atoms with van der Waals surface area (Å²) in [4.78, 5) is 32.4. The minimum atomic E-state index is -3.06. The minimum absolute atomic E-state index is 0.0194. The Kier molecular flexibility index (Phi) is 17.4. The number of β-amino-alcohol motifs (C(OH)–C–C–N with tert-alkyl or cyclic N) is 1. The molecule has 4 rings (SSSR count). The fraction of sp³-hybridized carbons (Fsp3) is 0.750. The molecule has 0 aromatic heterocycles. The molecule has 0 aromatic carbocycles. The van der Waals surface area contributed by atoms with Gasteiger partial charge in [-0.15, -0.1) is 6.58 Å².